The number of carbonyl (C=O) groups is 1. The Morgan fingerprint density at radius 2 is 2.05 bits per heavy atom. The number of aliphatic hydroxyl groups is 1. The molecular weight excluding hydrogens is 244 g/mol. The molecular formula is C14H22N2O3. The molecule has 0 bridgehead atoms. The van der Waals surface area contributed by atoms with Crippen molar-refractivity contribution in [2.24, 2.45) is 0 Å². The molecule has 0 unspecified atom stereocenters. The van der Waals surface area contributed by atoms with Crippen molar-refractivity contribution in [1.29, 1.82) is 0 Å². The van der Waals surface area contributed by atoms with Gasteiger partial charge in [0.25, 0.3) is 5.91 Å². The summed E-state index contributed by atoms with van der Waals surface area (Å²) in [6.45, 7) is 3.97. The topological polar surface area (TPSA) is 84.6 Å². The monoisotopic (exact) mass is 266 g/mol. The highest BCUT2D eigenvalue weighted by atomic mass is 16.5. The Balaban J connectivity index is 2.79. The van der Waals surface area contributed by atoms with Crippen molar-refractivity contribution in [3.63, 3.8) is 0 Å². The van der Waals surface area contributed by atoms with Gasteiger partial charge in [0.1, 0.15) is 5.75 Å². The number of nitrogens with one attached hydrogen (secondary N) is 1. The van der Waals surface area contributed by atoms with Crippen LogP contribution in [0.4, 0.5) is 5.69 Å². The van der Waals surface area contributed by atoms with Crippen molar-refractivity contribution in [1.82, 2.24) is 5.32 Å². The zero-order valence-corrected chi connectivity index (χ0v) is 11.7. The van der Waals surface area contributed by atoms with Gasteiger partial charge in [0.05, 0.1) is 24.0 Å². The molecule has 4 N–H and O–H groups in total. The molecule has 0 aromatic heterocycles. The number of amides is 1. The summed E-state index contributed by atoms with van der Waals surface area (Å²) in [5.41, 5.74) is 5.64. The van der Waals surface area contributed by atoms with Gasteiger partial charge in [-0.3, -0.25) is 4.79 Å². The van der Waals surface area contributed by atoms with Crippen LogP contribution in [-0.4, -0.2) is 30.3 Å². The maximum absolute atomic E-state index is 12.1. The first kappa shape index (κ1) is 15.3. The highest BCUT2D eigenvalue weighted by Gasteiger charge is 2.23. The molecule has 0 fully saturated rings. The van der Waals surface area contributed by atoms with Crippen LogP contribution in [0, 0.1) is 0 Å². The normalized spacial score (nSPS) is 11.2. The Kier molecular flexibility index (Phi) is 5.18. The van der Waals surface area contributed by atoms with Crippen molar-refractivity contribution in [3.05, 3.63) is 23.8 Å². The zero-order chi connectivity index (χ0) is 14.5. The fourth-order valence-electron chi connectivity index (χ4n) is 1.76. The predicted octanol–water partition coefficient (Wildman–Crippen LogP) is 1.56. The molecule has 0 heterocycles. The average molecular weight is 266 g/mol. The van der Waals surface area contributed by atoms with Crippen LogP contribution >= 0.6 is 0 Å². The molecule has 0 atom stereocenters. The second kappa shape index (κ2) is 6.43. The zero-order valence-electron chi connectivity index (χ0n) is 11.7. The number of rotatable bonds is 6. The van der Waals surface area contributed by atoms with E-state index in [1.54, 1.807) is 18.2 Å². The standard InChI is InChI=1S/C14H22N2O3/c1-4-14(18,5-2)9-16-13(17)10-7-6-8-11(19-3)12(10)15/h6-8,18H,4-5,9,15H2,1-3H3,(H,16,17). The number of nitrogens with two attached hydrogens (primary N) is 1. The lowest BCUT2D eigenvalue weighted by molar-refractivity contribution is 0.0314. The molecule has 19 heavy (non-hydrogen) atoms. The summed E-state index contributed by atoms with van der Waals surface area (Å²) < 4.78 is 5.07. The first-order valence-electron chi connectivity index (χ1n) is 6.40. The van der Waals surface area contributed by atoms with Crippen LogP contribution in [-0.2, 0) is 0 Å². The number of nitrogen functional groups attached to an aromatic ring is 1. The van der Waals surface area contributed by atoms with Crippen LogP contribution in [0.1, 0.15) is 37.0 Å². The summed E-state index contributed by atoms with van der Waals surface area (Å²) in [7, 11) is 1.50. The number of anilines is 1. The number of hydrogen-bond acceptors (Lipinski definition) is 4. The van der Waals surface area contributed by atoms with Crippen molar-refractivity contribution in [2.45, 2.75) is 32.3 Å². The molecule has 0 aliphatic carbocycles. The number of carbonyl (C=O) groups excluding carboxylic acids is 1. The van der Waals surface area contributed by atoms with Crippen molar-refractivity contribution in [3.8, 4) is 5.75 Å². The minimum atomic E-state index is -0.872. The van der Waals surface area contributed by atoms with Gasteiger partial charge in [-0.1, -0.05) is 19.9 Å². The number of benzene rings is 1. The molecule has 106 valence electrons. The second-order valence-electron chi connectivity index (χ2n) is 4.54. The summed E-state index contributed by atoms with van der Waals surface area (Å²) in [5.74, 6) is 0.158. The first-order valence-corrected chi connectivity index (χ1v) is 6.40. The molecule has 0 spiro atoms. The average Bonchev–Trinajstić information content (AvgIpc) is 2.44. The lowest BCUT2D eigenvalue weighted by atomic mass is 9.97. The summed E-state index contributed by atoms with van der Waals surface area (Å²) in [6.07, 6.45) is 1.16. The molecule has 1 amide bonds. The molecule has 1 aromatic carbocycles. The molecule has 0 aliphatic heterocycles. The smallest absolute Gasteiger partial charge is 0.253 e. The molecule has 1 rings (SSSR count). The Bertz CT molecular complexity index is 442. The third-order valence-electron chi connectivity index (χ3n) is 3.42. The van der Waals surface area contributed by atoms with E-state index in [2.05, 4.69) is 5.32 Å². The fourth-order valence-corrected chi connectivity index (χ4v) is 1.76. The van der Waals surface area contributed by atoms with E-state index in [9.17, 15) is 9.90 Å². The minimum absolute atomic E-state index is 0.204. The quantitative estimate of drug-likeness (QED) is 0.682. The lowest BCUT2D eigenvalue weighted by Gasteiger charge is -2.25. The van der Waals surface area contributed by atoms with Crippen LogP contribution < -0.4 is 15.8 Å². The molecule has 5 heteroatoms. The summed E-state index contributed by atoms with van der Waals surface area (Å²) in [6, 6.07) is 5.03. The van der Waals surface area contributed by atoms with E-state index in [4.69, 9.17) is 10.5 Å². The second-order valence-corrected chi connectivity index (χ2v) is 4.54. The van der Waals surface area contributed by atoms with Crippen molar-refractivity contribution in [2.75, 3.05) is 19.4 Å². The Morgan fingerprint density at radius 1 is 1.42 bits per heavy atom. The van der Waals surface area contributed by atoms with Gasteiger partial charge in [-0.05, 0) is 25.0 Å². The van der Waals surface area contributed by atoms with E-state index in [1.165, 1.54) is 7.11 Å². The largest absolute Gasteiger partial charge is 0.495 e. The van der Waals surface area contributed by atoms with Crippen molar-refractivity contribution >= 4 is 11.6 Å². The van der Waals surface area contributed by atoms with E-state index >= 15 is 0 Å². The predicted molar refractivity (Wildman–Crippen MR) is 75.3 cm³/mol. The van der Waals surface area contributed by atoms with E-state index in [0.29, 0.717) is 29.8 Å². The van der Waals surface area contributed by atoms with E-state index < -0.39 is 5.60 Å². The van der Waals surface area contributed by atoms with Crippen molar-refractivity contribution < 1.29 is 14.6 Å². The number of para-hydroxylation sites is 1. The van der Waals surface area contributed by atoms with Crippen LogP contribution in [0.2, 0.25) is 0 Å². The van der Waals surface area contributed by atoms with E-state index in [0.717, 1.165) is 0 Å². The summed E-state index contributed by atoms with van der Waals surface area (Å²) >= 11 is 0. The third-order valence-corrected chi connectivity index (χ3v) is 3.42. The number of ether oxygens (including phenoxy) is 1. The van der Waals surface area contributed by atoms with Crippen LogP contribution in [0.5, 0.6) is 5.75 Å². The third kappa shape index (κ3) is 3.61. The van der Waals surface area contributed by atoms with Gasteiger partial charge in [0, 0.05) is 6.54 Å². The molecule has 5 nitrogen and oxygen atoms in total. The fraction of sp³-hybridized carbons (Fsp3) is 0.500. The van der Waals surface area contributed by atoms with Gasteiger partial charge in [-0.2, -0.15) is 0 Å². The summed E-state index contributed by atoms with van der Waals surface area (Å²) in [5, 5.41) is 12.8. The van der Waals surface area contributed by atoms with Crippen LogP contribution in [0.25, 0.3) is 0 Å². The van der Waals surface area contributed by atoms with Crippen LogP contribution in [0.15, 0.2) is 18.2 Å². The first-order chi connectivity index (χ1) is 8.97. The SMILES string of the molecule is CCC(O)(CC)CNC(=O)c1cccc(OC)c1N. The molecule has 1 aromatic rings. The minimum Gasteiger partial charge on any atom is -0.495 e. The van der Waals surface area contributed by atoms with E-state index in [1.807, 2.05) is 13.8 Å². The van der Waals surface area contributed by atoms with Gasteiger partial charge < -0.3 is 20.9 Å². The molecule has 0 radical (unpaired) electrons. The molecule has 0 saturated heterocycles. The maximum Gasteiger partial charge on any atom is 0.253 e. The van der Waals surface area contributed by atoms with Gasteiger partial charge in [0.2, 0.25) is 0 Å². The van der Waals surface area contributed by atoms with Crippen LogP contribution in [0.3, 0.4) is 0 Å². The highest BCUT2D eigenvalue weighted by Crippen LogP contribution is 2.24. The Morgan fingerprint density at radius 3 is 2.58 bits per heavy atom. The van der Waals surface area contributed by atoms with Gasteiger partial charge in [0.15, 0.2) is 0 Å². The molecule has 0 aliphatic rings. The maximum atomic E-state index is 12.1. The Hall–Kier alpha value is -1.75. The van der Waals surface area contributed by atoms with Gasteiger partial charge >= 0.3 is 0 Å². The molecule has 0 saturated carbocycles. The van der Waals surface area contributed by atoms with Gasteiger partial charge in [-0.25, -0.2) is 0 Å². The highest BCUT2D eigenvalue weighted by molar-refractivity contribution is 6.00. The van der Waals surface area contributed by atoms with Gasteiger partial charge in [-0.15, -0.1) is 0 Å². The lowest BCUT2D eigenvalue weighted by Crippen LogP contribution is -2.42. The number of methoxy groups -OCH3 is 1. The van der Waals surface area contributed by atoms with E-state index in [-0.39, 0.29) is 12.5 Å². The Labute approximate surface area is 113 Å². The summed E-state index contributed by atoms with van der Waals surface area (Å²) in [4.78, 5) is 12.1. The number of hydrogen-bond donors (Lipinski definition) is 3.